The summed E-state index contributed by atoms with van der Waals surface area (Å²) < 4.78 is 0. The van der Waals surface area contributed by atoms with Gasteiger partial charge in [0.2, 0.25) is 11.8 Å². The van der Waals surface area contributed by atoms with Crippen LogP contribution in [0.25, 0.3) is 0 Å². The lowest BCUT2D eigenvalue weighted by atomic mass is 10.0. The third-order valence-corrected chi connectivity index (χ3v) is 4.94. The lowest BCUT2D eigenvalue weighted by molar-refractivity contribution is -0.137. The van der Waals surface area contributed by atoms with Crippen LogP contribution in [0.5, 0.6) is 0 Å². The number of amides is 2. The number of hydrogen-bond donors (Lipinski definition) is 4. The molecule has 7 nitrogen and oxygen atoms in total. The minimum atomic E-state index is -1.08. The molecule has 0 unspecified atom stereocenters. The number of hydrogen-bond acceptors (Lipinski definition) is 5. The highest BCUT2D eigenvalue weighted by atomic mass is 32.1. The molecule has 1 fully saturated rings. The number of carboxylic acid groups (broad SMARTS) is 1. The summed E-state index contributed by atoms with van der Waals surface area (Å²) in [5, 5.41) is 18.9. The number of thiophene rings is 1. The van der Waals surface area contributed by atoms with E-state index < -0.39 is 30.0 Å². The van der Waals surface area contributed by atoms with Gasteiger partial charge in [0.15, 0.2) is 0 Å². The normalized spacial score (nSPS) is 19.4. The second-order valence-corrected chi connectivity index (χ2v) is 7.04. The van der Waals surface area contributed by atoms with Crippen LogP contribution in [0, 0.1) is 0 Å². The van der Waals surface area contributed by atoms with Gasteiger partial charge in [-0.2, -0.15) is 0 Å². The van der Waals surface area contributed by atoms with Crippen molar-refractivity contribution in [2.24, 2.45) is 0 Å². The van der Waals surface area contributed by atoms with Gasteiger partial charge in [0.1, 0.15) is 18.1 Å². The Kier molecular flexibility index (Phi) is 5.65. The molecule has 1 saturated heterocycles. The van der Waals surface area contributed by atoms with Crippen molar-refractivity contribution in [3.8, 4) is 0 Å². The summed E-state index contributed by atoms with van der Waals surface area (Å²) in [7, 11) is 0. The molecule has 2 amide bonds. The Labute approximate surface area is 154 Å². The summed E-state index contributed by atoms with van der Waals surface area (Å²) >= 11 is 1.54. The molecule has 1 aliphatic rings. The molecule has 4 N–H and O–H groups in total. The Morgan fingerprint density at radius 3 is 2.50 bits per heavy atom. The fraction of sp³-hybridized carbons (Fsp3) is 0.278. The molecular formula is C18H19N3O4S. The van der Waals surface area contributed by atoms with E-state index in [1.807, 2.05) is 47.8 Å². The van der Waals surface area contributed by atoms with Crippen LogP contribution in [0.4, 0.5) is 0 Å². The lowest BCUT2D eigenvalue weighted by Crippen LogP contribution is -2.49. The van der Waals surface area contributed by atoms with Crippen molar-refractivity contribution in [1.82, 2.24) is 16.0 Å². The predicted octanol–water partition coefficient (Wildman–Crippen LogP) is 0.517. The number of carbonyl (C=O) groups is 3. The number of rotatable bonds is 8. The summed E-state index contributed by atoms with van der Waals surface area (Å²) in [4.78, 5) is 36.7. The van der Waals surface area contributed by atoms with Gasteiger partial charge in [0.05, 0.1) is 6.54 Å². The maximum atomic E-state index is 12.6. The average molecular weight is 373 g/mol. The van der Waals surface area contributed by atoms with Crippen LogP contribution in [0.15, 0.2) is 47.8 Å². The molecule has 1 aromatic heterocycles. The zero-order valence-electron chi connectivity index (χ0n) is 13.8. The van der Waals surface area contributed by atoms with Gasteiger partial charge in [-0.25, -0.2) is 0 Å². The molecule has 26 heavy (non-hydrogen) atoms. The highest BCUT2D eigenvalue weighted by molar-refractivity contribution is 7.09. The third kappa shape index (κ3) is 4.68. The van der Waals surface area contributed by atoms with Gasteiger partial charge >= 0.3 is 5.97 Å². The Hall–Kier alpha value is -2.71. The van der Waals surface area contributed by atoms with Crippen LogP contribution >= 0.6 is 11.3 Å². The topological polar surface area (TPSA) is 117 Å². The van der Waals surface area contributed by atoms with Gasteiger partial charge in [-0.1, -0.05) is 36.4 Å². The van der Waals surface area contributed by atoms with E-state index in [2.05, 4.69) is 16.0 Å². The summed E-state index contributed by atoms with van der Waals surface area (Å²) in [6.07, 6.45) is 0.327. The van der Waals surface area contributed by atoms with Crippen LogP contribution in [0.3, 0.4) is 0 Å². The van der Waals surface area contributed by atoms with E-state index in [9.17, 15) is 14.4 Å². The van der Waals surface area contributed by atoms with E-state index in [0.717, 1.165) is 10.4 Å². The molecule has 2 aromatic rings. The summed E-state index contributed by atoms with van der Waals surface area (Å²) in [6.45, 7) is 0.386. The van der Waals surface area contributed by atoms with Crippen molar-refractivity contribution in [2.75, 3.05) is 0 Å². The molecule has 136 valence electrons. The van der Waals surface area contributed by atoms with Crippen LogP contribution < -0.4 is 16.0 Å². The van der Waals surface area contributed by atoms with Crippen molar-refractivity contribution < 1.29 is 19.5 Å². The van der Waals surface area contributed by atoms with Crippen molar-refractivity contribution in [3.63, 3.8) is 0 Å². The number of carboxylic acids is 1. The van der Waals surface area contributed by atoms with E-state index in [0.29, 0.717) is 13.0 Å². The highest BCUT2D eigenvalue weighted by Gasteiger charge is 2.48. The van der Waals surface area contributed by atoms with Gasteiger partial charge in [0.25, 0.3) is 0 Å². The van der Waals surface area contributed by atoms with E-state index in [1.54, 1.807) is 0 Å². The van der Waals surface area contributed by atoms with E-state index in [4.69, 9.17) is 5.11 Å². The highest BCUT2D eigenvalue weighted by Crippen LogP contribution is 2.13. The number of carbonyl (C=O) groups excluding carboxylic acids is 2. The Morgan fingerprint density at radius 2 is 1.88 bits per heavy atom. The minimum Gasteiger partial charge on any atom is -0.480 e. The molecular weight excluding hydrogens is 354 g/mol. The maximum absolute atomic E-state index is 12.6. The maximum Gasteiger partial charge on any atom is 0.322 e. The Balaban J connectivity index is 1.63. The van der Waals surface area contributed by atoms with E-state index in [1.165, 1.54) is 11.3 Å². The first kappa shape index (κ1) is 18.1. The van der Waals surface area contributed by atoms with Gasteiger partial charge < -0.3 is 15.7 Å². The predicted molar refractivity (Wildman–Crippen MR) is 96.6 cm³/mol. The van der Waals surface area contributed by atoms with Crippen LogP contribution in [0.2, 0.25) is 0 Å². The zero-order chi connectivity index (χ0) is 18.5. The number of benzene rings is 1. The smallest absolute Gasteiger partial charge is 0.322 e. The first-order valence-corrected chi connectivity index (χ1v) is 9.06. The molecule has 3 rings (SSSR count). The standard InChI is InChI=1S/C18H19N3O4S/c22-16(19-10-12-7-4-8-26-12)13(9-11-5-2-1-3-6-11)20-17(23)14-15(21-14)18(24)25/h1-8,13-15,21H,9-10H2,(H,19,22)(H,20,23)(H,24,25)/t13-,14-,15-/m0/s1. The molecule has 0 radical (unpaired) electrons. The van der Waals surface area contributed by atoms with Crippen LogP contribution in [-0.4, -0.2) is 41.0 Å². The lowest BCUT2D eigenvalue weighted by Gasteiger charge is -2.18. The molecule has 2 heterocycles. The Bertz CT molecular complexity index is 779. The molecule has 1 aromatic carbocycles. The fourth-order valence-electron chi connectivity index (χ4n) is 2.61. The molecule has 0 aliphatic carbocycles. The van der Waals surface area contributed by atoms with Crippen molar-refractivity contribution in [1.29, 1.82) is 0 Å². The molecule has 0 bridgehead atoms. The minimum absolute atomic E-state index is 0.303. The van der Waals surface area contributed by atoms with Gasteiger partial charge in [-0.05, 0) is 17.0 Å². The van der Waals surface area contributed by atoms with Crippen molar-refractivity contribution in [2.45, 2.75) is 31.1 Å². The number of nitrogens with one attached hydrogen (secondary N) is 3. The average Bonchev–Trinajstić information content (AvgIpc) is 3.29. The van der Waals surface area contributed by atoms with Gasteiger partial charge in [-0.15, -0.1) is 11.3 Å². The quantitative estimate of drug-likeness (QED) is 0.503. The van der Waals surface area contributed by atoms with E-state index in [-0.39, 0.29) is 5.91 Å². The van der Waals surface area contributed by atoms with Gasteiger partial charge in [-0.3, -0.25) is 19.7 Å². The van der Waals surface area contributed by atoms with Gasteiger partial charge in [0, 0.05) is 11.3 Å². The Morgan fingerprint density at radius 1 is 1.12 bits per heavy atom. The SMILES string of the molecule is O=C(NCc1cccs1)[C@H](Cc1ccccc1)NC(=O)[C@H]1N[C@@H]1C(=O)O. The summed E-state index contributed by atoms with van der Waals surface area (Å²) in [5.41, 5.74) is 0.905. The zero-order valence-corrected chi connectivity index (χ0v) is 14.7. The first-order chi connectivity index (χ1) is 12.5. The molecule has 0 spiro atoms. The molecule has 1 aliphatic heterocycles. The monoisotopic (exact) mass is 373 g/mol. The molecule has 0 saturated carbocycles. The second kappa shape index (κ2) is 8.11. The fourth-order valence-corrected chi connectivity index (χ4v) is 3.25. The van der Waals surface area contributed by atoms with E-state index >= 15 is 0 Å². The van der Waals surface area contributed by atoms with Crippen LogP contribution in [-0.2, 0) is 27.3 Å². The summed E-state index contributed by atoms with van der Waals surface area (Å²) in [5.74, 6) is -1.86. The molecule has 8 heteroatoms. The van der Waals surface area contributed by atoms with Crippen molar-refractivity contribution in [3.05, 3.63) is 58.3 Å². The van der Waals surface area contributed by atoms with Crippen LogP contribution in [0.1, 0.15) is 10.4 Å². The number of aliphatic carboxylic acids is 1. The largest absolute Gasteiger partial charge is 0.480 e. The molecule has 3 atom stereocenters. The second-order valence-electron chi connectivity index (χ2n) is 6.01. The van der Waals surface area contributed by atoms with Crippen molar-refractivity contribution >= 4 is 29.1 Å². The first-order valence-electron chi connectivity index (χ1n) is 8.18. The third-order valence-electron chi connectivity index (χ3n) is 4.06. The summed E-state index contributed by atoms with van der Waals surface area (Å²) in [6, 6.07) is 10.7.